The number of rotatable bonds is 3. The van der Waals surface area contributed by atoms with Gasteiger partial charge in [-0.2, -0.15) is 0 Å². The van der Waals surface area contributed by atoms with Crippen LogP contribution in [0.5, 0.6) is 0 Å². The fourth-order valence-corrected chi connectivity index (χ4v) is 2.64. The lowest BCUT2D eigenvalue weighted by Gasteiger charge is -2.07. The van der Waals surface area contributed by atoms with Crippen molar-refractivity contribution in [2.45, 2.75) is 6.29 Å². The Bertz CT molecular complexity index is 530. The summed E-state index contributed by atoms with van der Waals surface area (Å²) in [4.78, 5) is 5.42. The summed E-state index contributed by atoms with van der Waals surface area (Å²) in [7, 11) is 0. The fourth-order valence-electron chi connectivity index (χ4n) is 1.83. The van der Waals surface area contributed by atoms with E-state index in [9.17, 15) is 0 Å². The van der Waals surface area contributed by atoms with Gasteiger partial charge in [-0.05, 0) is 35.7 Å². The summed E-state index contributed by atoms with van der Waals surface area (Å²) >= 11 is 1.68. The first-order chi connectivity index (χ1) is 8.93. The van der Waals surface area contributed by atoms with Gasteiger partial charge in [0.1, 0.15) is 0 Å². The lowest BCUT2D eigenvalue weighted by molar-refractivity contribution is -0.0439. The van der Waals surface area contributed by atoms with Gasteiger partial charge in [-0.1, -0.05) is 6.07 Å². The Balaban J connectivity index is 1.81. The molecule has 0 N–H and O–H groups in total. The molecule has 0 amide bonds. The van der Waals surface area contributed by atoms with Gasteiger partial charge in [-0.15, -0.1) is 11.3 Å². The first-order valence-corrected chi connectivity index (χ1v) is 6.71. The van der Waals surface area contributed by atoms with Crippen LogP contribution in [0.2, 0.25) is 0 Å². The van der Waals surface area contributed by atoms with Gasteiger partial charge in [-0.3, -0.25) is 4.98 Å². The van der Waals surface area contributed by atoms with E-state index in [4.69, 9.17) is 9.47 Å². The summed E-state index contributed by atoms with van der Waals surface area (Å²) in [6.07, 6.45) is 5.65. The molecule has 1 saturated heterocycles. The van der Waals surface area contributed by atoms with Crippen molar-refractivity contribution >= 4 is 23.5 Å². The predicted octanol–water partition coefficient (Wildman–Crippen LogP) is 3.36. The van der Waals surface area contributed by atoms with Gasteiger partial charge < -0.3 is 9.47 Å². The Kier molecular flexibility index (Phi) is 3.50. The summed E-state index contributed by atoms with van der Waals surface area (Å²) < 4.78 is 11.0. The molecule has 0 aliphatic carbocycles. The van der Waals surface area contributed by atoms with Crippen molar-refractivity contribution in [3.05, 3.63) is 52.0 Å². The SMILES string of the molecule is C(=C\c1sccc1C1OCCO1)/c1ccccn1. The third kappa shape index (κ3) is 2.51. The minimum Gasteiger partial charge on any atom is -0.346 e. The molecule has 0 unspecified atom stereocenters. The molecule has 4 heteroatoms. The van der Waals surface area contributed by atoms with Crippen molar-refractivity contribution in [2.75, 3.05) is 13.2 Å². The van der Waals surface area contributed by atoms with Crippen LogP contribution >= 0.6 is 11.3 Å². The molecule has 18 heavy (non-hydrogen) atoms. The maximum Gasteiger partial charge on any atom is 0.185 e. The highest BCUT2D eigenvalue weighted by molar-refractivity contribution is 7.11. The lowest BCUT2D eigenvalue weighted by Crippen LogP contribution is -1.97. The van der Waals surface area contributed by atoms with Crippen molar-refractivity contribution in [1.29, 1.82) is 0 Å². The summed E-state index contributed by atoms with van der Waals surface area (Å²) in [5.41, 5.74) is 2.05. The number of pyridine rings is 1. The summed E-state index contributed by atoms with van der Waals surface area (Å²) in [6.45, 7) is 1.34. The van der Waals surface area contributed by atoms with Crippen molar-refractivity contribution in [3.63, 3.8) is 0 Å². The van der Waals surface area contributed by atoms with Crippen LogP contribution in [0.15, 0.2) is 35.8 Å². The zero-order valence-corrected chi connectivity index (χ0v) is 10.6. The normalized spacial score (nSPS) is 16.7. The van der Waals surface area contributed by atoms with Gasteiger partial charge >= 0.3 is 0 Å². The minimum atomic E-state index is -0.209. The molecule has 0 bridgehead atoms. The number of aromatic nitrogens is 1. The van der Waals surface area contributed by atoms with Crippen molar-refractivity contribution in [1.82, 2.24) is 4.98 Å². The second kappa shape index (κ2) is 5.44. The lowest BCUT2D eigenvalue weighted by atomic mass is 10.2. The van der Waals surface area contributed by atoms with Gasteiger partial charge in [0.05, 0.1) is 18.9 Å². The first kappa shape index (κ1) is 11.6. The Labute approximate surface area is 110 Å². The van der Waals surface area contributed by atoms with E-state index in [1.165, 1.54) is 0 Å². The molecule has 3 nitrogen and oxygen atoms in total. The van der Waals surface area contributed by atoms with Crippen LogP contribution in [0.25, 0.3) is 12.2 Å². The second-order valence-corrected chi connectivity index (χ2v) is 4.85. The van der Waals surface area contributed by atoms with E-state index in [1.54, 1.807) is 17.5 Å². The third-order valence-corrected chi connectivity index (χ3v) is 3.59. The van der Waals surface area contributed by atoms with Crippen molar-refractivity contribution in [3.8, 4) is 0 Å². The summed E-state index contributed by atoms with van der Waals surface area (Å²) in [6, 6.07) is 7.92. The molecule has 92 valence electrons. The zero-order valence-electron chi connectivity index (χ0n) is 9.78. The van der Waals surface area contributed by atoms with Crippen LogP contribution in [0.1, 0.15) is 22.4 Å². The molecular formula is C14H13NO2S. The smallest absolute Gasteiger partial charge is 0.185 e. The topological polar surface area (TPSA) is 31.4 Å². The Morgan fingerprint density at radius 1 is 1.17 bits per heavy atom. The maximum atomic E-state index is 5.52. The quantitative estimate of drug-likeness (QED) is 0.847. The highest BCUT2D eigenvalue weighted by atomic mass is 32.1. The van der Waals surface area contributed by atoms with E-state index in [-0.39, 0.29) is 6.29 Å². The van der Waals surface area contributed by atoms with Gasteiger partial charge in [-0.25, -0.2) is 0 Å². The van der Waals surface area contributed by atoms with E-state index in [1.807, 2.05) is 24.3 Å². The van der Waals surface area contributed by atoms with Crippen LogP contribution in [0.4, 0.5) is 0 Å². The van der Waals surface area contributed by atoms with E-state index >= 15 is 0 Å². The predicted molar refractivity (Wildman–Crippen MR) is 72.1 cm³/mol. The van der Waals surface area contributed by atoms with Crippen LogP contribution in [0, 0.1) is 0 Å². The Hall–Kier alpha value is -1.49. The molecule has 2 aromatic heterocycles. The number of ether oxygens (including phenoxy) is 2. The van der Waals surface area contributed by atoms with Crippen molar-refractivity contribution < 1.29 is 9.47 Å². The molecule has 1 aliphatic heterocycles. The van der Waals surface area contributed by atoms with Crippen LogP contribution in [0.3, 0.4) is 0 Å². The van der Waals surface area contributed by atoms with E-state index < -0.39 is 0 Å². The number of nitrogens with zero attached hydrogens (tertiary/aromatic N) is 1. The second-order valence-electron chi connectivity index (χ2n) is 3.90. The number of hydrogen-bond donors (Lipinski definition) is 0. The van der Waals surface area contributed by atoms with E-state index in [0.29, 0.717) is 13.2 Å². The van der Waals surface area contributed by atoms with Gasteiger partial charge in [0.25, 0.3) is 0 Å². The van der Waals surface area contributed by atoms with Crippen LogP contribution in [-0.4, -0.2) is 18.2 Å². The minimum absolute atomic E-state index is 0.209. The molecule has 0 spiro atoms. The zero-order chi connectivity index (χ0) is 12.2. The Morgan fingerprint density at radius 3 is 2.83 bits per heavy atom. The van der Waals surface area contributed by atoms with Gasteiger partial charge in [0.15, 0.2) is 6.29 Å². The van der Waals surface area contributed by atoms with Crippen molar-refractivity contribution in [2.24, 2.45) is 0 Å². The molecule has 1 aliphatic rings. The van der Waals surface area contributed by atoms with Gasteiger partial charge in [0.2, 0.25) is 0 Å². The highest BCUT2D eigenvalue weighted by Gasteiger charge is 2.21. The summed E-state index contributed by atoms with van der Waals surface area (Å²) in [5.74, 6) is 0. The fraction of sp³-hybridized carbons (Fsp3) is 0.214. The number of thiophene rings is 1. The van der Waals surface area contributed by atoms with E-state index in [0.717, 1.165) is 16.1 Å². The molecule has 1 fully saturated rings. The molecule has 0 aromatic carbocycles. The molecule has 3 heterocycles. The monoisotopic (exact) mass is 259 g/mol. The third-order valence-electron chi connectivity index (χ3n) is 2.70. The molecule has 0 atom stereocenters. The standard InChI is InChI=1S/C14H13NO2S/c1-2-7-15-11(3-1)4-5-13-12(6-10-18-13)14-16-8-9-17-14/h1-7,10,14H,8-9H2/b5-4+. The maximum absolute atomic E-state index is 5.52. The average molecular weight is 259 g/mol. The molecule has 0 radical (unpaired) electrons. The van der Waals surface area contributed by atoms with Gasteiger partial charge in [0, 0.05) is 16.6 Å². The Morgan fingerprint density at radius 2 is 2.06 bits per heavy atom. The first-order valence-electron chi connectivity index (χ1n) is 5.83. The summed E-state index contributed by atoms with van der Waals surface area (Å²) in [5, 5.41) is 2.05. The number of hydrogen-bond acceptors (Lipinski definition) is 4. The molecule has 0 saturated carbocycles. The molecular weight excluding hydrogens is 246 g/mol. The molecule has 3 rings (SSSR count). The largest absolute Gasteiger partial charge is 0.346 e. The molecule has 2 aromatic rings. The van der Waals surface area contributed by atoms with Crippen LogP contribution in [-0.2, 0) is 9.47 Å². The van der Waals surface area contributed by atoms with E-state index in [2.05, 4.69) is 22.5 Å². The average Bonchev–Trinajstić information content (AvgIpc) is 3.08. The highest BCUT2D eigenvalue weighted by Crippen LogP contribution is 2.30. The van der Waals surface area contributed by atoms with Crippen LogP contribution < -0.4 is 0 Å².